The molecule has 1 nitrogen and oxygen atoms in total. The highest BCUT2D eigenvalue weighted by atomic mass is 16.3. The molecule has 1 N–H and O–H groups in total. The zero-order valence-electron chi connectivity index (χ0n) is 21.3. The lowest BCUT2D eigenvalue weighted by molar-refractivity contribution is -0.0571. The Hall–Kier alpha value is -0.560. The van der Waals surface area contributed by atoms with Gasteiger partial charge in [-0.15, -0.1) is 0 Å². The molecule has 176 valence electrons. The molecular weight excluding hydrogens is 376 g/mol. The minimum Gasteiger partial charge on any atom is -0.393 e. The van der Waals surface area contributed by atoms with Crippen LogP contribution in [0.1, 0.15) is 112 Å². The predicted octanol–water partition coefficient (Wildman–Crippen LogP) is 8.34. The molecule has 0 aliphatic heterocycles. The van der Waals surface area contributed by atoms with Crippen LogP contribution in [0, 0.1) is 46.3 Å². The van der Waals surface area contributed by atoms with Crippen LogP contribution in [-0.2, 0) is 0 Å². The van der Waals surface area contributed by atoms with Gasteiger partial charge in [-0.05, 0) is 123 Å². The molecular formula is C30H50O. The molecule has 0 saturated heterocycles. The third-order valence-electron chi connectivity index (χ3n) is 11.3. The summed E-state index contributed by atoms with van der Waals surface area (Å²) in [6.07, 6.45) is 17.8. The lowest BCUT2D eigenvalue weighted by atomic mass is 9.47. The van der Waals surface area contributed by atoms with Crippen LogP contribution in [0.5, 0.6) is 0 Å². The van der Waals surface area contributed by atoms with E-state index in [-0.39, 0.29) is 6.10 Å². The van der Waals surface area contributed by atoms with Crippen molar-refractivity contribution in [2.24, 2.45) is 46.3 Å². The van der Waals surface area contributed by atoms with E-state index in [9.17, 15) is 5.11 Å². The van der Waals surface area contributed by atoms with E-state index in [1.807, 2.05) is 0 Å². The summed E-state index contributed by atoms with van der Waals surface area (Å²) in [5, 5.41) is 10.3. The molecule has 0 aromatic carbocycles. The quantitative estimate of drug-likeness (QED) is 0.406. The Balaban J connectivity index is 1.45. The summed E-state index contributed by atoms with van der Waals surface area (Å²) in [5.41, 5.74) is 4.05. The van der Waals surface area contributed by atoms with E-state index in [1.165, 1.54) is 69.8 Å². The van der Waals surface area contributed by atoms with Crippen molar-refractivity contribution in [3.05, 3.63) is 23.8 Å². The zero-order valence-corrected chi connectivity index (χ0v) is 21.3. The Morgan fingerprint density at radius 3 is 2.55 bits per heavy atom. The molecule has 0 aromatic heterocycles. The molecule has 0 radical (unpaired) electrons. The van der Waals surface area contributed by atoms with Crippen molar-refractivity contribution >= 4 is 0 Å². The third kappa shape index (κ3) is 4.00. The topological polar surface area (TPSA) is 20.2 Å². The average molecular weight is 427 g/mol. The van der Waals surface area contributed by atoms with E-state index in [0.717, 1.165) is 48.3 Å². The first-order valence-electron chi connectivity index (χ1n) is 13.8. The molecule has 1 heteroatoms. The first-order chi connectivity index (χ1) is 14.7. The second-order valence-electron chi connectivity index (χ2n) is 12.6. The van der Waals surface area contributed by atoms with Gasteiger partial charge >= 0.3 is 0 Å². The van der Waals surface area contributed by atoms with Gasteiger partial charge in [-0.1, -0.05) is 58.4 Å². The van der Waals surface area contributed by atoms with Gasteiger partial charge in [0.05, 0.1) is 6.10 Å². The maximum atomic E-state index is 10.3. The van der Waals surface area contributed by atoms with Crippen molar-refractivity contribution < 1.29 is 5.11 Å². The van der Waals surface area contributed by atoms with E-state index in [4.69, 9.17) is 0 Å². The molecule has 0 amide bonds. The van der Waals surface area contributed by atoms with Crippen LogP contribution in [0.2, 0.25) is 0 Å². The smallest absolute Gasteiger partial charge is 0.0577 e. The van der Waals surface area contributed by atoms with Gasteiger partial charge < -0.3 is 5.11 Å². The van der Waals surface area contributed by atoms with Gasteiger partial charge in [0.25, 0.3) is 0 Å². The number of hydrogen-bond acceptors (Lipinski definition) is 1. The number of rotatable bonds is 7. The van der Waals surface area contributed by atoms with E-state index in [2.05, 4.69) is 47.3 Å². The summed E-state index contributed by atoms with van der Waals surface area (Å²) in [7, 11) is 0. The third-order valence-corrected chi connectivity index (χ3v) is 11.3. The molecule has 4 aliphatic rings. The molecule has 4 aliphatic carbocycles. The fourth-order valence-corrected chi connectivity index (χ4v) is 9.30. The van der Waals surface area contributed by atoms with Gasteiger partial charge in [-0.25, -0.2) is 0 Å². The van der Waals surface area contributed by atoms with Crippen LogP contribution in [0.25, 0.3) is 0 Å². The van der Waals surface area contributed by atoms with Crippen LogP contribution in [0.4, 0.5) is 0 Å². The Labute approximate surface area is 193 Å². The summed E-state index contributed by atoms with van der Waals surface area (Å²) in [4.78, 5) is 0. The van der Waals surface area contributed by atoms with Crippen molar-refractivity contribution in [3.8, 4) is 0 Å². The molecule has 8 atom stereocenters. The van der Waals surface area contributed by atoms with Crippen molar-refractivity contribution in [1.82, 2.24) is 0 Å². The SMILES string of the molecule is C=C(CC[C@@H](C)[C@H]1CC[C@H]2[C@@H]3CC=C4C[C@@H](O)CC[C@]4(C)[C@H]3CC[C@]12C)C(CC)CC. The summed E-state index contributed by atoms with van der Waals surface area (Å²) in [5.74, 6) is 5.13. The lowest BCUT2D eigenvalue weighted by Gasteiger charge is -2.58. The van der Waals surface area contributed by atoms with Crippen LogP contribution < -0.4 is 0 Å². The van der Waals surface area contributed by atoms with Gasteiger partial charge in [0.1, 0.15) is 0 Å². The van der Waals surface area contributed by atoms with Crippen molar-refractivity contribution in [2.75, 3.05) is 0 Å². The lowest BCUT2D eigenvalue weighted by Crippen LogP contribution is -2.50. The fraction of sp³-hybridized carbons (Fsp3) is 0.867. The second kappa shape index (κ2) is 9.00. The van der Waals surface area contributed by atoms with Gasteiger partial charge in [-0.2, -0.15) is 0 Å². The van der Waals surface area contributed by atoms with Gasteiger partial charge in [-0.3, -0.25) is 0 Å². The van der Waals surface area contributed by atoms with E-state index in [0.29, 0.717) is 10.8 Å². The number of fused-ring (bicyclic) bond motifs is 5. The summed E-state index contributed by atoms with van der Waals surface area (Å²) >= 11 is 0. The molecule has 0 heterocycles. The van der Waals surface area contributed by atoms with Crippen molar-refractivity contribution in [1.29, 1.82) is 0 Å². The Bertz CT molecular complexity index is 687. The molecule has 0 spiro atoms. The van der Waals surface area contributed by atoms with Gasteiger partial charge in [0.2, 0.25) is 0 Å². The molecule has 0 bridgehead atoms. The van der Waals surface area contributed by atoms with Crippen LogP contribution in [-0.4, -0.2) is 11.2 Å². The highest BCUT2D eigenvalue weighted by Gasteiger charge is 2.59. The summed E-state index contributed by atoms with van der Waals surface area (Å²) in [6, 6.07) is 0. The molecule has 3 fully saturated rings. The fourth-order valence-electron chi connectivity index (χ4n) is 9.30. The monoisotopic (exact) mass is 426 g/mol. The highest BCUT2D eigenvalue weighted by molar-refractivity contribution is 5.25. The number of hydrogen-bond donors (Lipinski definition) is 1. The van der Waals surface area contributed by atoms with Crippen molar-refractivity contribution in [2.45, 2.75) is 118 Å². The number of allylic oxidation sites excluding steroid dienone is 2. The average Bonchev–Trinajstić information content (AvgIpc) is 3.10. The maximum absolute atomic E-state index is 10.3. The first kappa shape index (κ1) is 23.6. The number of aliphatic hydroxyl groups excluding tert-OH is 1. The van der Waals surface area contributed by atoms with Crippen LogP contribution in [0.15, 0.2) is 23.8 Å². The Kier molecular flexibility index (Phi) is 6.85. The normalized spacial score (nSPS) is 43.1. The molecule has 3 saturated carbocycles. The molecule has 31 heavy (non-hydrogen) atoms. The minimum atomic E-state index is -0.0868. The predicted molar refractivity (Wildman–Crippen MR) is 133 cm³/mol. The van der Waals surface area contributed by atoms with Crippen LogP contribution >= 0.6 is 0 Å². The zero-order chi connectivity index (χ0) is 22.4. The van der Waals surface area contributed by atoms with E-state index in [1.54, 1.807) is 5.57 Å². The van der Waals surface area contributed by atoms with Crippen LogP contribution in [0.3, 0.4) is 0 Å². The maximum Gasteiger partial charge on any atom is 0.0577 e. The second-order valence-corrected chi connectivity index (χ2v) is 12.6. The standard InChI is InChI=1S/C30H50O/c1-7-22(8-2)20(3)9-10-21(4)26-13-14-27-25-12-11-23-19-24(31)15-17-29(23,5)28(25)16-18-30(26,27)6/h11,21-22,24-28,31H,3,7-10,12-19H2,1-2,4-6H3/t21-,24+,25+,26-,27+,28+,29+,30-/m1/s1. The van der Waals surface area contributed by atoms with E-state index >= 15 is 0 Å². The highest BCUT2D eigenvalue weighted by Crippen LogP contribution is 2.67. The largest absolute Gasteiger partial charge is 0.393 e. The Morgan fingerprint density at radius 1 is 1.10 bits per heavy atom. The summed E-state index contributed by atoms with van der Waals surface area (Å²) < 4.78 is 0. The van der Waals surface area contributed by atoms with Crippen molar-refractivity contribution in [3.63, 3.8) is 0 Å². The van der Waals surface area contributed by atoms with Gasteiger partial charge in [0, 0.05) is 0 Å². The van der Waals surface area contributed by atoms with Gasteiger partial charge in [0.15, 0.2) is 0 Å². The molecule has 4 rings (SSSR count). The van der Waals surface area contributed by atoms with E-state index < -0.39 is 0 Å². The minimum absolute atomic E-state index is 0.0868. The molecule has 0 aromatic rings. The molecule has 0 unspecified atom stereocenters. The Morgan fingerprint density at radius 2 is 1.84 bits per heavy atom. The number of aliphatic hydroxyl groups is 1. The summed E-state index contributed by atoms with van der Waals surface area (Å²) in [6.45, 7) is 16.9. The first-order valence-corrected chi connectivity index (χ1v) is 13.8.